The summed E-state index contributed by atoms with van der Waals surface area (Å²) in [6, 6.07) is 0. The van der Waals surface area contributed by atoms with Crippen molar-refractivity contribution < 1.29 is 43.9 Å². The van der Waals surface area contributed by atoms with E-state index in [2.05, 4.69) is 57.2 Å². The Hall–Kier alpha value is -2.49. The van der Waals surface area contributed by atoms with Crippen LogP contribution in [0.2, 0.25) is 0 Å². The van der Waals surface area contributed by atoms with Crippen LogP contribution in [0.4, 0.5) is 0 Å². The Morgan fingerprint density at radius 2 is 0.676 bits per heavy atom. The molecule has 0 radical (unpaired) electrons. The predicted octanol–water partition coefficient (Wildman–Crippen LogP) is 15.8. The fourth-order valence-electron chi connectivity index (χ4n) is 8.31. The third-order valence-electron chi connectivity index (χ3n) is 12.8. The lowest BCUT2D eigenvalue weighted by atomic mass is 10.0. The number of rotatable bonds is 52. The number of carbonyl (C=O) groups is 3. The molecule has 0 aromatic rings. The Labute approximate surface area is 418 Å². The zero-order valence-corrected chi connectivity index (χ0v) is 44.5. The number of carbonyl (C=O) groups excluding carboxylic acids is 3. The second-order valence-corrected chi connectivity index (χ2v) is 19.7. The number of aliphatic hydroxyl groups excluding tert-OH is 3. The average molecular weight is 962 g/mol. The van der Waals surface area contributed by atoms with E-state index >= 15 is 0 Å². The minimum absolute atomic E-state index is 0.126. The summed E-state index contributed by atoms with van der Waals surface area (Å²) in [6.45, 7) is 6.35. The van der Waals surface area contributed by atoms with Crippen molar-refractivity contribution in [1.82, 2.24) is 0 Å². The van der Waals surface area contributed by atoms with Crippen molar-refractivity contribution in [3.63, 3.8) is 0 Å². The maximum absolute atomic E-state index is 12.8. The van der Waals surface area contributed by atoms with E-state index in [0.29, 0.717) is 19.3 Å². The van der Waals surface area contributed by atoms with Crippen LogP contribution < -0.4 is 0 Å². The highest BCUT2D eigenvalue weighted by atomic mass is 16.6. The molecule has 0 fully saturated rings. The summed E-state index contributed by atoms with van der Waals surface area (Å²) < 4.78 is 16.8. The molecular weight excluding hydrogens is 853 g/mol. The molecule has 0 spiro atoms. The molecule has 0 amide bonds. The lowest BCUT2D eigenvalue weighted by Gasteiger charge is -2.18. The molecule has 0 aliphatic carbocycles. The molecule has 0 aliphatic rings. The van der Waals surface area contributed by atoms with Crippen LogP contribution in [0.3, 0.4) is 0 Å². The number of hydrogen-bond acceptors (Lipinski definition) is 9. The van der Waals surface area contributed by atoms with Crippen molar-refractivity contribution >= 4 is 17.9 Å². The van der Waals surface area contributed by atoms with Gasteiger partial charge >= 0.3 is 17.9 Å². The Morgan fingerprint density at radius 3 is 1.09 bits per heavy atom. The van der Waals surface area contributed by atoms with Gasteiger partial charge < -0.3 is 29.5 Å². The van der Waals surface area contributed by atoms with Crippen LogP contribution in [-0.4, -0.2) is 70.9 Å². The number of esters is 3. The number of allylic oxidation sites excluding steroid dienone is 4. The highest BCUT2D eigenvalue weighted by Crippen LogP contribution is 2.16. The highest BCUT2D eigenvalue weighted by Gasteiger charge is 2.19. The van der Waals surface area contributed by atoms with Crippen molar-refractivity contribution in [1.29, 1.82) is 0 Å². The zero-order chi connectivity index (χ0) is 49.8. The normalized spacial score (nSPS) is 13.7. The summed E-state index contributed by atoms with van der Waals surface area (Å²) in [5.74, 6) is -1.02. The third-order valence-corrected chi connectivity index (χ3v) is 12.8. The van der Waals surface area contributed by atoms with Crippen LogP contribution >= 0.6 is 0 Å². The van der Waals surface area contributed by atoms with Crippen LogP contribution in [0, 0.1) is 0 Å². The Bertz CT molecular complexity index is 1200. The molecule has 0 aromatic heterocycles. The maximum Gasteiger partial charge on any atom is 0.306 e. The summed E-state index contributed by atoms with van der Waals surface area (Å²) in [7, 11) is 0. The first-order valence-electron chi connectivity index (χ1n) is 28.7. The van der Waals surface area contributed by atoms with Crippen molar-refractivity contribution in [2.24, 2.45) is 0 Å². The van der Waals surface area contributed by atoms with Gasteiger partial charge in [-0.3, -0.25) is 14.4 Å². The van der Waals surface area contributed by atoms with E-state index in [1.165, 1.54) is 57.8 Å². The van der Waals surface area contributed by atoms with Gasteiger partial charge in [-0.2, -0.15) is 0 Å². The fraction of sp³-hybridized carbons (Fsp3) is 0.847. The van der Waals surface area contributed by atoms with Gasteiger partial charge in [0.15, 0.2) is 6.10 Å². The van der Waals surface area contributed by atoms with Gasteiger partial charge in [-0.15, -0.1) is 0 Å². The van der Waals surface area contributed by atoms with Gasteiger partial charge in [-0.1, -0.05) is 198 Å². The van der Waals surface area contributed by atoms with Gasteiger partial charge in [0.05, 0.1) is 18.3 Å². The minimum atomic E-state index is -0.831. The van der Waals surface area contributed by atoms with Gasteiger partial charge in [0, 0.05) is 19.3 Å². The van der Waals surface area contributed by atoms with Crippen LogP contribution in [0.25, 0.3) is 0 Å². The first-order chi connectivity index (χ1) is 33.2. The molecule has 0 aliphatic heterocycles. The predicted molar refractivity (Wildman–Crippen MR) is 284 cm³/mol. The third kappa shape index (κ3) is 49.9. The van der Waals surface area contributed by atoms with Gasteiger partial charge in [-0.05, 0) is 103 Å². The van der Waals surface area contributed by atoms with Gasteiger partial charge in [-0.25, -0.2) is 0 Å². The van der Waals surface area contributed by atoms with Crippen molar-refractivity contribution in [2.75, 3.05) is 13.2 Å². The molecule has 0 saturated heterocycles. The molecular formula is C59H108O9. The van der Waals surface area contributed by atoms with E-state index < -0.39 is 6.10 Å². The van der Waals surface area contributed by atoms with Crippen molar-refractivity contribution in [2.45, 2.75) is 308 Å². The van der Waals surface area contributed by atoms with E-state index in [4.69, 9.17) is 14.2 Å². The van der Waals surface area contributed by atoms with Crippen LogP contribution in [0.15, 0.2) is 36.5 Å². The number of ether oxygens (including phenoxy) is 3. The Morgan fingerprint density at radius 1 is 0.353 bits per heavy atom. The van der Waals surface area contributed by atoms with Crippen LogP contribution in [0.1, 0.15) is 284 Å². The first-order valence-corrected chi connectivity index (χ1v) is 28.7. The second kappa shape index (κ2) is 52.3. The molecule has 4 atom stereocenters. The van der Waals surface area contributed by atoms with Crippen LogP contribution in [-0.2, 0) is 28.6 Å². The van der Waals surface area contributed by atoms with E-state index in [9.17, 15) is 29.7 Å². The summed E-state index contributed by atoms with van der Waals surface area (Å²) in [4.78, 5) is 38.1. The van der Waals surface area contributed by atoms with Gasteiger partial charge in [0.25, 0.3) is 0 Å². The van der Waals surface area contributed by atoms with E-state index in [1.807, 2.05) is 0 Å². The van der Waals surface area contributed by atoms with Crippen LogP contribution in [0.5, 0.6) is 0 Å². The van der Waals surface area contributed by atoms with Gasteiger partial charge in [0.2, 0.25) is 0 Å². The minimum Gasteiger partial charge on any atom is -0.462 e. The quantitative estimate of drug-likeness (QED) is 0.0235. The number of hydrogen-bond donors (Lipinski definition) is 3. The summed E-state index contributed by atoms with van der Waals surface area (Å²) in [5.41, 5.74) is 0. The smallest absolute Gasteiger partial charge is 0.306 e. The Kier molecular flexibility index (Phi) is 50.4. The van der Waals surface area contributed by atoms with Gasteiger partial charge in [0.1, 0.15) is 13.2 Å². The number of unbranched alkanes of at least 4 members (excludes halogenated alkanes) is 25. The molecule has 0 aromatic carbocycles. The lowest BCUT2D eigenvalue weighted by molar-refractivity contribution is -0.167. The largest absolute Gasteiger partial charge is 0.462 e. The summed E-state index contributed by atoms with van der Waals surface area (Å²) in [6.07, 6.45) is 51.7. The summed E-state index contributed by atoms with van der Waals surface area (Å²) in [5, 5.41) is 30.4. The molecule has 68 heavy (non-hydrogen) atoms. The maximum atomic E-state index is 12.8. The van der Waals surface area contributed by atoms with Crippen molar-refractivity contribution in [3.8, 4) is 0 Å². The van der Waals surface area contributed by atoms with Crippen molar-refractivity contribution in [3.05, 3.63) is 36.5 Å². The molecule has 9 heteroatoms. The van der Waals surface area contributed by atoms with E-state index in [-0.39, 0.29) is 55.9 Å². The molecule has 1 unspecified atom stereocenters. The second-order valence-electron chi connectivity index (χ2n) is 19.7. The molecule has 9 nitrogen and oxygen atoms in total. The average Bonchev–Trinajstić information content (AvgIpc) is 3.32. The standard InChI is InChI=1S/C59H108O9/c1-4-7-10-33-42-53(60)45-36-27-21-15-13-17-24-30-39-48-57(63)66-51-56(68-59(65)50-41-32-26-20-19-23-29-38-47-55(62)44-35-12-9-6-3)52-67-58(64)49-40-31-25-18-14-16-22-28-37-46-54(61)43-34-11-8-5-2/h21,27-29,37-38,53-56,60-62H,4-20,22-26,30-36,39-52H2,1-3H3/b27-21-,37-28-,38-29-/t53-,54-,55-,56?/m1/s1. The molecule has 0 bridgehead atoms. The summed E-state index contributed by atoms with van der Waals surface area (Å²) >= 11 is 0. The Balaban J connectivity index is 4.49. The lowest BCUT2D eigenvalue weighted by Crippen LogP contribution is -2.30. The van der Waals surface area contributed by atoms with E-state index in [0.717, 1.165) is 180 Å². The number of aliphatic hydroxyl groups is 3. The topological polar surface area (TPSA) is 140 Å². The monoisotopic (exact) mass is 961 g/mol. The molecule has 3 N–H and O–H groups in total. The molecule has 398 valence electrons. The molecule has 0 saturated carbocycles. The van der Waals surface area contributed by atoms with E-state index in [1.54, 1.807) is 0 Å². The fourth-order valence-corrected chi connectivity index (χ4v) is 8.31. The molecule has 0 rings (SSSR count). The highest BCUT2D eigenvalue weighted by molar-refractivity contribution is 5.71. The zero-order valence-electron chi connectivity index (χ0n) is 44.5. The SMILES string of the molecule is CCCCCC[C@@H](O)CC/C=C\CCCCCCCC(=O)OCC(COC(=O)CCCCCCCC/C=C\C[C@H](O)CCCCCC)OC(=O)CCCCCCC/C=C\C[C@H](O)CCCCCC. The first kappa shape index (κ1) is 65.5. The molecule has 0 heterocycles.